The number of hydrogen-bond donors (Lipinski definition) is 2. The number of carbonyl (C=O) groups is 2. The smallest absolute Gasteiger partial charge is 0.309 e. The second-order valence-corrected chi connectivity index (χ2v) is 14.1. The van der Waals surface area contributed by atoms with Gasteiger partial charge in [0.05, 0.1) is 10.8 Å². The summed E-state index contributed by atoms with van der Waals surface area (Å²) >= 11 is 0. The molecular formula is C39H76O4. The Kier molecular flexibility index (Phi) is 27.7. The number of hydrogen-bond acceptors (Lipinski definition) is 2. The molecule has 256 valence electrons. The van der Waals surface area contributed by atoms with Crippen LogP contribution in [0.2, 0.25) is 0 Å². The first-order valence-corrected chi connectivity index (χ1v) is 19.3. The van der Waals surface area contributed by atoms with E-state index in [-0.39, 0.29) is 0 Å². The summed E-state index contributed by atoms with van der Waals surface area (Å²) in [6.45, 7) is 8.91. The highest BCUT2D eigenvalue weighted by Crippen LogP contribution is 2.42. The lowest BCUT2D eigenvalue weighted by molar-refractivity contribution is -0.152. The van der Waals surface area contributed by atoms with Gasteiger partial charge in [-0.3, -0.25) is 9.59 Å². The fourth-order valence-corrected chi connectivity index (χ4v) is 7.13. The summed E-state index contributed by atoms with van der Waals surface area (Å²) in [6, 6.07) is 0. The Hall–Kier alpha value is -1.06. The monoisotopic (exact) mass is 609 g/mol. The van der Waals surface area contributed by atoms with Crippen LogP contribution in [0.15, 0.2) is 0 Å². The summed E-state index contributed by atoms with van der Waals surface area (Å²) in [5.41, 5.74) is -1.39. The standard InChI is InChI=1S/C39H76O4/c1-5-9-13-17-19-23-27-32-38(36(40)41,30-25-21-15-11-7-3)34-29-35-39(37(42)43,31-26-22-16-12-8-4)33-28-24-20-18-14-10-6-2/h5-35H2,1-4H3,(H,40,41)(H,42,43). The van der Waals surface area contributed by atoms with Gasteiger partial charge in [-0.15, -0.1) is 0 Å². The molecule has 4 heteroatoms. The van der Waals surface area contributed by atoms with E-state index in [2.05, 4.69) is 27.7 Å². The largest absolute Gasteiger partial charge is 0.481 e. The van der Waals surface area contributed by atoms with Crippen LogP contribution in [0.3, 0.4) is 0 Å². The van der Waals surface area contributed by atoms with Gasteiger partial charge >= 0.3 is 11.9 Å². The zero-order valence-electron chi connectivity index (χ0n) is 29.6. The summed E-state index contributed by atoms with van der Waals surface area (Å²) in [6.07, 6.45) is 33.1. The molecular weight excluding hydrogens is 532 g/mol. The predicted molar refractivity (Wildman–Crippen MR) is 186 cm³/mol. The van der Waals surface area contributed by atoms with Crippen LogP contribution in [0.25, 0.3) is 0 Å². The SMILES string of the molecule is CCCCCCCCCC(CCCCCCC)(CCCC(CCCCCCC)(CCCCCCCCC)C(=O)O)C(=O)O. The van der Waals surface area contributed by atoms with Gasteiger partial charge < -0.3 is 10.2 Å². The maximum Gasteiger partial charge on any atom is 0.309 e. The van der Waals surface area contributed by atoms with E-state index in [9.17, 15) is 19.8 Å². The third-order valence-electron chi connectivity index (χ3n) is 10.3. The molecule has 0 fully saturated rings. The first-order valence-electron chi connectivity index (χ1n) is 19.3. The zero-order valence-corrected chi connectivity index (χ0v) is 29.6. The Morgan fingerprint density at radius 2 is 0.512 bits per heavy atom. The van der Waals surface area contributed by atoms with Gasteiger partial charge in [0, 0.05) is 0 Å². The summed E-state index contributed by atoms with van der Waals surface area (Å²) in [5.74, 6) is -1.27. The van der Waals surface area contributed by atoms with Crippen LogP contribution in [-0.2, 0) is 9.59 Å². The van der Waals surface area contributed by atoms with Crippen molar-refractivity contribution in [1.82, 2.24) is 0 Å². The molecule has 0 aromatic rings. The topological polar surface area (TPSA) is 74.6 Å². The Bertz CT molecular complexity index is 593. The zero-order chi connectivity index (χ0) is 32.1. The first kappa shape index (κ1) is 41.9. The normalized spacial score (nSPS) is 14.4. The van der Waals surface area contributed by atoms with Crippen molar-refractivity contribution in [3.05, 3.63) is 0 Å². The molecule has 0 aliphatic heterocycles. The van der Waals surface area contributed by atoms with Crippen LogP contribution in [0.5, 0.6) is 0 Å². The van der Waals surface area contributed by atoms with Crippen molar-refractivity contribution in [2.24, 2.45) is 10.8 Å². The summed E-state index contributed by atoms with van der Waals surface area (Å²) in [5, 5.41) is 21.2. The van der Waals surface area contributed by atoms with E-state index in [1.165, 1.54) is 103 Å². The molecule has 0 aliphatic carbocycles. The van der Waals surface area contributed by atoms with E-state index >= 15 is 0 Å². The van der Waals surface area contributed by atoms with E-state index in [0.29, 0.717) is 12.8 Å². The molecule has 2 N–H and O–H groups in total. The quantitative estimate of drug-likeness (QED) is 0.0713. The number of carboxylic acid groups (broad SMARTS) is 2. The maximum atomic E-state index is 12.9. The highest BCUT2D eigenvalue weighted by Gasteiger charge is 2.40. The lowest BCUT2D eigenvalue weighted by Crippen LogP contribution is -2.34. The van der Waals surface area contributed by atoms with Crippen molar-refractivity contribution in [2.75, 3.05) is 0 Å². The van der Waals surface area contributed by atoms with Gasteiger partial charge in [-0.2, -0.15) is 0 Å². The third-order valence-corrected chi connectivity index (χ3v) is 10.3. The molecule has 2 atom stereocenters. The molecule has 0 aromatic heterocycles. The van der Waals surface area contributed by atoms with E-state index < -0.39 is 22.8 Å². The van der Waals surface area contributed by atoms with Crippen molar-refractivity contribution < 1.29 is 19.8 Å². The maximum absolute atomic E-state index is 12.9. The molecule has 2 unspecified atom stereocenters. The molecule has 0 aliphatic rings. The second-order valence-electron chi connectivity index (χ2n) is 14.1. The number of rotatable bonds is 34. The van der Waals surface area contributed by atoms with Gasteiger partial charge in [0.2, 0.25) is 0 Å². The molecule has 43 heavy (non-hydrogen) atoms. The number of aliphatic carboxylic acids is 2. The van der Waals surface area contributed by atoms with Crippen LogP contribution in [0.4, 0.5) is 0 Å². The van der Waals surface area contributed by atoms with Crippen LogP contribution in [0.1, 0.15) is 227 Å². The molecule has 0 spiro atoms. The minimum absolute atomic E-state index is 0.633. The molecule has 0 bridgehead atoms. The summed E-state index contributed by atoms with van der Waals surface area (Å²) in [4.78, 5) is 25.8. The average molecular weight is 609 g/mol. The van der Waals surface area contributed by atoms with E-state index in [1.807, 2.05) is 0 Å². The lowest BCUT2D eigenvalue weighted by Gasteiger charge is -2.34. The van der Waals surface area contributed by atoms with Crippen LogP contribution < -0.4 is 0 Å². The molecule has 0 heterocycles. The van der Waals surface area contributed by atoms with Crippen molar-refractivity contribution in [3.8, 4) is 0 Å². The average Bonchev–Trinajstić information content (AvgIpc) is 2.99. The Labute approximate surface area is 269 Å². The van der Waals surface area contributed by atoms with Crippen molar-refractivity contribution in [3.63, 3.8) is 0 Å². The highest BCUT2D eigenvalue weighted by molar-refractivity contribution is 5.75. The first-order chi connectivity index (χ1) is 20.8. The Balaban J connectivity index is 5.45. The van der Waals surface area contributed by atoms with E-state index in [0.717, 1.165) is 83.5 Å². The lowest BCUT2D eigenvalue weighted by atomic mass is 9.70. The second kappa shape index (κ2) is 28.4. The van der Waals surface area contributed by atoms with Crippen molar-refractivity contribution >= 4 is 11.9 Å². The molecule has 4 nitrogen and oxygen atoms in total. The molecule has 0 aromatic carbocycles. The fourth-order valence-electron chi connectivity index (χ4n) is 7.13. The molecule has 0 rings (SSSR count). The Morgan fingerprint density at radius 1 is 0.326 bits per heavy atom. The van der Waals surface area contributed by atoms with E-state index in [4.69, 9.17) is 0 Å². The van der Waals surface area contributed by atoms with Crippen LogP contribution in [0, 0.1) is 10.8 Å². The van der Waals surface area contributed by atoms with Crippen molar-refractivity contribution in [1.29, 1.82) is 0 Å². The highest BCUT2D eigenvalue weighted by atomic mass is 16.4. The van der Waals surface area contributed by atoms with Crippen molar-refractivity contribution in [2.45, 2.75) is 227 Å². The van der Waals surface area contributed by atoms with Crippen LogP contribution in [-0.4, -0.2) is 22.2 Å². The van der Waals surface area contributed by atoms with Gasteiger partial charge in [-0.1, -0.05) is 188 Å². The minimum Gasteiger partial charge on any atom is -0.481 e. The third kappa shape index (κ3) is 20.6. The Morgan fingerprint density at radius 3 is 0.721 bits per heavy atom. The number of unbranched alkanes of at least 4 members (excludes halogenated alkanes) is 20. The van der Waals surface area contributed by atoms with Gasteiger partial charge in [0.25, 0.3) is 0 Å². The summed E-state index contributed by atoms with van der Waals surface area (Å²) < 4.78 is 0. The molecule has 0 radical (unpaired) electrons. The summed E-state index contributed by atoms with van der Waals surface area (Å²) in [7, 11) is 0. The number of carboxylic acids is 2. The van der Waals surface area contributed by atoms with Gasteiger partial charge in [-0.05, 0) is 38.5 Å². The van der Waals surface area contributed by atoms with Crippen LogP contribution >= 0.6 is 0 Å². The molecule has 0 saturated heterocycles. The fraction of sp³-hybridized carbons (Fsp3) is 0.949. The minimum atomic E-state index is -0.694. The molecule has 0 saturated carbocycles. The van der Waals surface area contributed by atoms with Gasteiger partial charge in [0.1, 0.15) is 0 Å². The van der Waals surface area contributed by atoms with Gasteiger partial charge in [-0.25, -0.2) is 0 Å². The van der Waals surface area contributed by atoms with E-state index in [1.54, 1.807) is 0 Å². The predicted octanol–water partition coefficient (Wildman–Crippen LogP) is 13.3. The van der Waals surface area contributed by atoms with Gasteiger partial charge in [0.15, 0.2) is 0 Å². The molecule has 0 amide bonds.